The number of aliphatic hydroxyl groups excluding tert-OH is 1. The number of aromatic amines is 1. The van der Waals surface area contributed by atoms with Crippen LogP contribution in [0.5, 0.6) is 0 Å². The van der Waals surface area contributed by atoms with E-state index in [1.165, 1.54) is 0 Å². The molecule has 0 radical (unpaired) electrons. The molecule has 0 bridgehead atoms. The molecule has 0 saturated carbocycles. The van der Waals surface area contributed by atoms with Crippen LogP contribution in [0.4, 0.5) is 5.69 Å². The summed E-state index contributed by atoms with van der Waals surface area (Å²) in [6.45, 7) is 4.49. The lowest BCUT2D eigenvalue weighted by atomic mass is 9.89. The fraction of sp³-hybridized carbons (Fsp3) is 0.324. The van der Waals surface area contributed by atoms with Gasteiger partial charge in [-0.05, 0) is 60.4 Å². The van der Waals surface area contributed by atoms with Gasteiger partial charge < -0.3 is 24.5 Å². The Hall–Kier alpha value is -4.26. The molecule has 2 aliphatic heterocycles. The van der Waals surface area contributed by atoms with Gasteiger partial charge in [0.25, 0.3) is 10.0 Å². The Morgan fingerprint density at radius 1 is 0.854 bits per heavy atom. The smallest absolute Gasteiger partial charge is 0.326 e. The standard InChI is InChI=1S/C37H40N4O6S/c1-25-34(23-40-21-19-30(20-22-40)41-33-10-6-5-9-32(33)38-37(41)43)46-36(47-35(25)27-13-11-26(24-42)12-14-27)28-15-17-29(18-16-28)39-48(44,45)31-7-3-2-4-8-31/h2-18,25,30,34-36,39,42H,19-24H2,1H3,(H,38,43)/t25-,34+,35+,36+/m0/s1. The largest absolute Gasteiger partial charge is 0.392 e. The summed E-state index contributed by atoms with van der Waals surface area (Å²) in [5.74, 6) is 0.0205. The molecule has 2 fully saturated rings. The number of imidazole rings is 1. The highest BCUT2D eigenvalue weighted by atomic mass is 32.2. The van der Waals surface area contributed by atoms with Gasteiger partial charge in [-0.15, -0.1) is 0 Å². The van der Waals surface area contributed by atoms with E-state index in [2.05, 4.69) is 21.5 Å². The lowest BCUT2D eigenvalue weighted by molar-refractivity contribution is -0.276. The van der Waals surface area contributed by atoms with E-state index in [0.717, 1.165) is 53.7 Å². The molecule has 0 aliphatic carbocycles. The highest BCUT2D eigenvalue weighted by molar-refractivity contribution is 7.92. The molecule has 0 spiro atoms. The molecular weight excluding hydrogens is 628 g/mol. The summed E-state index contributed by atoms with van der Waals surface area (Å²) < 4.78 is 43.6. The van der Waals surface area contributed by atoms with Crippen molar-refractivity contribution in [1.29, 1.82) is 0 Å². The van der Waals surface area contributed by atoms with E-state index in [0.29, 0.717) is 12.2 Å². The van der Waals surface area contributed by atoms with Gasteiger partial charge in [0.05, 0.1) is 34.7 Å². The van der Waals surface area contributed by atoms with Gasteiger partial charge in [0, 0.05) is 42.8 Å². The number of hydrogen-bond donors (Lipinski definition) is 3. The molecule has 1 aromatic heterocycles. The Kier molecular flexibility index (Phi) is 9.21. The number of H-pyrrole nitrogens is 1. The van der Waals surface area contributed by atoms with Crippen molar-refractivity contribution < 1.29 is 23.0 Å². The molecule has 3 heterocycles. The predicted octanol–water partition coefficient (Wildman–Crippen LogP) is 5.75. The van der Waals surface area contributed by atoms with E-state index in [9.17, 15) is 18.3 Å². The van der Waals surface area contributed by atoms with Gasteiger partial charge in [-0.1, -0.05) is 73.7 Å². The number of likely N-dealkylation sites (tertiary alicyclic amines) is 1. The summed E-state index contributed by atoms with van der Waals surface area (Å²) in [7, 11) is -3.72. The second-order valence-electron chi connectivity index (χ2n) is 12.7. The van der Waals surface area contributed by atoms with E-state index in [-0.39, 0.29) is 41.4 Å². The fourth-order valence-electron chi connectivity index (χ4n) is 6.90. The second kappa shape index (κ2) is 13.7. The van der Waals surface area contributed by atoms with Crippen molar-refractivity contribution in [1.82, 2.24) is 14.5 Å². The summed E-state index contributed by atoms with van der Waals surface area (Å²) in [6, 6.07) is 31.1. The predicted molar refractivity (Wildman–Crippen MR) is 184 cm³/mol. The minimum absolute atomic E-state index is 0.0205. The van der Waals surface area contributed by atoms with Crippen molar-refractivity contribution in [2.75, 3.05) is 24.4 Å². The number of aliphatic hydroxyl groups is 1. The van der Waals surface area contributed by atoms with Crippen molar-refractivity contribution in [2.24, 2.45) is 5.92 Å². The SMILES string of the molecule is C[C@H]1[C@@H](CN2CCC(n3c(=O)[nH]c4ccccc43)CC2)O[C@@H](c2ccc(NS(=O)(=O)c3ccccc3)cc2)O[C@H]1c1ccc(CO)cc1. The molecule has 2 saturated heterocycles. The lowest BCUT2D eigenvalue weighted by Gasteiger charge is -2.44. The molecule has 0 amide bonds. The number of aromatic nitrogens is 2. The summed E-state index contributed by atoms with van der Waals surface area (Å²) in [6.07, 6.45) is 0.621. The number of rotatable bonds is 9. The van der Waals surface area contributed by atoms with Gasteiger partial charge in [-0.3, -0.25) is 9.29 Å². The van der Waals surface area contributed by atoms with Gasteiger partial charge in [0.1, 0.15) is 0 Å². The van der Waals surface area contributed by atoms with Crippen molar-refractivity contribution in [3.05, 3.63) is 130 Å². The summed E-state index contributed by atoms with van der Waals surface area (Å²) in [5.41, 5.74) is 4.80. The first kappa shape index (κ1) is 32.3. The number of nitrogens with one attached hydrogen (secondary N) is 2. The average Bonchev–Trinajstić information content (AvgIpc) is 3.45. The maximum atomic E-state index is 12.9. The first-order chi connectivity index (χ1) is 23.3. The quantitative estimate of drug-likeness (QED) is 0.183. The number of hydrogen-bond acceptors (Lipinski definition) is 7. The molecule has 250 valence electrons. The number of sulfonamides is 1. The third-order valence-electron chi connectivity index (χ3n) is 9.60. The molecule has 48 heavy (non-hydrogen) atoms. The van der Waals surface area contributed by atoms with Gasteiger partial charge in [0.15, 0.2) is 6.29 Å². The summed E-state index contributed by atoms with van der Waals surface area (Å²) >= 11 is 0. The monoisotopic (exact) mass is 668 g/mol. The third-order valence-corrected chi connectivity index (χ3v) is 11.0. The number of nitrogens with zero attached hydrogens (tertiary/aromatic N) is 2. The topological polar surface area (TPSA) is 126 Å². The van der Waals surface area contributed by atoms with Crippen LogP contribution >= 0.6 is 0 Å². The van der Waals surface area contributed by atoms with Crippen LogP contribution in [-0.2, 0) is 26.1 Å². The summed E-state index contributed by atoms with van der Waals surface area (Å²) in [4.78, 5) is 18.4. The second-order valence-corrected chi connectivity index (χ2v) is 14.4. The van der Waals surface area contributed by atoms with E-state index >= 15 is 0 Å². The van der Waals surface area contributed by atoms with Crippen LogP contribution < -0.4 is 10.4 Å². The summed E-state index contributed by atoms with van der Waals surface area (Å²) in [5, 5.41) is 9.59. The Bertz CT molecular complexity index is 2000. The number of para-hydroxylation sites is 2. The maximum absolute atomic E-state index is 12.9. The van der Waals surface area contributed by atoms with Gasteiger partial charge >= 0.3 is 5.69 Å². The Balaban J connectivity index is 1.08. The van der Waals surface area contributed by atoms with Crippen molar-refractivity contribution in [2.45, 2.75) is 55.8 Å². The highest BCUT2D eigenvalue weighted by Crippen LogP contribution is 2.42. The fourth-order valence-corrected chi connectivity index (χ4v) is 7.98. The van der Waals surface area contributed by atoms with Crippen LogP contribution in [0.2, 0.25) is 0 Å². The minimum Gasteiger partial charge on any atom is -0.392 e. The molecule has 4 atom stereocenters. The van der Waals surface area contributed by atoms with Crippen molar-refractivity contribution >= 4 is 26.7 Å². The van der Waals surface area contributed by atoms with E-state index in [1.54, 1.807) is 42.5 Å². The number of ether oxygens (including phenoxy) is 2. The third kappa shape index (κ3) is 6.69. The normalized spacial score (nSPS) is 22.5. The van der Waals surface area contributed by atoms with Gasteiger partial charge in [-0.25, -0.2) is 13.2 Å². The molecule has 11 heteroatoms. The zero-order valence-electron chi connectivity index (χ0n) is 26.7. The zero-order chi connectivity index (χ0) is 33.3. The van der Waals surface area contributed by atoms with Crippen molar-refractivity contribution in [3.8, 4) is 0 Å². The van der Waals surface area contributed by atoms with Crippen LogP contribution in [-0.4, -0.2) is 53.7 Å². The Morgan fingerprint density at radius 2 is 1.52 bits per heavy atom. The molecule has 0 unspecified atom stereocenters. The number of benzene rings is 4. The van der Waals surface area contributed by atoms with Crippen LogP contribution in [0.25, 0.3) is 11.0 Å². The first-order valence-electron chi connectivity index (χ1n) is 16.4. The van der Waals surface area contributed by atoms with Crippen LogP contribution in [0, 0.1) is 5.92 Å². The van der Waals surface area contributed by atoms with Gasteiger partial charge in [0.2, 0.25) is 0 Å². The molecule has 10 nitrogen and oxygen atoms in total. The molecule has 7 rings (SSSR count). The van der Waals surface area contributed by atoms with E-state index in [1.807, 2.05) is 65.2 Å². The molecule has 2 aliphatic rings. The number of anilines is 1. The van der Waals surface area contributed by atoms with Crippen LogP contribution in [0.15, 0.2) is 113 Å². The molecule has 5 aromatic rings. The molecular formula is C37H40N4O6S. The minimum atomic E-state index is -3.72. The highest BCUT2D eigenvalue weighted by Gasteiger charge is 2.39. The van der Waals surface area contributed by atoms with Gasteiger partial charge in [-0.2, -0.15) is 0 Å². The first-order valence-corrected chi connectivity index (χ1v) is 17.9. The zero-order valence-corrected chi connectivity index (χ0v) is 27.6. The number of fused-ring (bicyclic) bond motifs is 1. The van der Waals surface area contributed by atoms with Crippen molar-refractivity contribution in [3.63, 3.8) is 0 Å². The van der Waals surface area contributed by atoms with Crippen LogP contribution in [0.3, 0.4) is 0 Å². The maximum Gasteiger partial charge on any atom is 0.326 e. The lowest BCUT2D eigenvalue weighted by Crippen LogP contribution is -2.47. The average molecular weight is 669 g/mol. The molecule has 4 aromatic carbocycles. The number of piperidine rings is 1. The Morgan fingerprint density at radius 3 is 2.23 bits per heavy atom. The van der Waals surface area contributed by atoms with E-state index < -0.39 is 16.3 Å². The van der Waals surface area contributed by atoms with E-state index in [4.69, 9.17) is 9.47 Å². The Labute approximate surface area is 280 Å². The van der Waals surface area contributed by atoms with Crippen LogP contribution in [0.1, 0.15) is 54.9 Å². The molecule has 3 N–H and O–H groups in total.